The number of carbonyl (C=O) groups excluding carboxylic acids is 1. The minimum atomic E-state index is -4.80. The molecule has 1 atom stereocenters. The van der Waals surface area contributed by atoms with Gasteiger partial charge in [0.1, 0.15) is 16.9 Å². The zero-order chi connectivity index (χ0) is 25.1. The van der Waals surface area contributed by atoms with E-state index in [4.69, 9.17) is 0 Å². The van der Waals surface area contributed by atoms with Gasteiger partial charge in [-0.1, -0.05) is 41.7 Å². The van der Waals surface area contributed by atoms with Crippen LogP contribution in [0.3, 0.4) is 0 Å². The Hall–Kier alpha value is -3.13. The van der Waals surface area contributed by atoms with Gasteiger partial charge in [-0.15, -0.1) is 10.2 Å². The van der Waals surface area contributed by atoms with Crippen molar-refractivity contribution in [3.05, 3.63) is 104 Å². The summed E-state index contributed by atoms with van der Waals surface area (Å²) in [6.07, 6.45) is -3.29. The Labute approximate surface area is 215 Å². The predicted octanol–water partition coefficient (Wildman–Crippen LogP) is 6.00. The SMILES string of the molecule is O=C(Nc1nncs1)N[C@](Cc1ccccc1)(c1cc(F)cc(C(F)(F)F)c1)c1ccc(I)cn1. The normalized spacial score (nSPS) is 13.2. The van der Waals surface area contributed by atoms with Gasteiger partial charge in [-0.05, 0) is 64.0 Å². The fraction of sp³-hybridized carbons (Fsp3) is 0.130. The Kier molecular flexibility index (Phi) is 7.31. The number of urea groups is 1. The average molecular weight is 613 g/mol. The quantitative estimate of drug-likeness (QED) is 0.207. The summed E-state index contributed by atoms with van der Waals surface area (Å²) >= 11 is 3.10. The van der Waals surface area contributed by atoms with Crippen LogP contribution in [-0.4, -0.2) is 21.2 Å². The number of hydrogen-bond acceptors (Lipinski definition) is 5. The zero-order valence-electron chi connectivity index (χ0n) is 17.7. The zero-order valence-corrected chi connectivity index (χ0v) is 20.7. The minimum absolute atomic E-state index is 0.00821. The molecule has 0 fully saturated rings. The lowest BCUT2D eigenvalue weighted by Crippen LogP contribution is -2.50. The second-order valence-corrected chi connectivity index (χ2v) is 9.56. The molecule has 2 amide bonds. The van der Waals surface area contributed by atoms with E-state index in [9.17, 15) is 22.4 Å². The minimum Gasteiger partial charge on any atom is -0.322 e. The third-order valence-corrected chi connectivity index (χ3v) is 6.35. The summed E-state index contributed by atoms with van der Waals surface area (Å²) in [6.45, 7) is 0. The molecule has 2 aromatic carbocycles. The highest BCUT2D eigenvalue weighted by Gasteiger charge is 2.41. The largest absolute Gasteiger partial charge is 0.416 e. The van der Waals surface area contributed by atoms with Gasteiger partial charge in [0, 0.05) is 16.2 Å². The van der Waals surface area contributed by atoms with Crippen molar-refractivity contribution in [1.82, 2.24) is 20.5 Å². The first-order valence-corrected chi connectivity index (χ1v) is 12.0. The number of carbonyl (C=O) groups is 1. The Morgan fingerprint density at radius 1 is 1.03 bits per heavy atom. The number of aromatic nitrogens is 3. The predicted molar refractivity (Wildman–Crippen MR) is 131 cm³/mol. The van der Waals surface area contributed by atoms with Gasteiger partial charge in [0.2, 0.25) is 5.13 Å². The van der Waals surface area contributed by atoms with Crippen molar-refractivity contribution < 1.29 is 22.4 Å². The molecule has 4 rings (SSSR count). The van der Waals surface area contributed by atoms with Crippen LogP contribution in [0.4, 0.5) is 27.5 Å². The fourth-order valence-electron chi connectivity index (χ4n) is 3.60. The molecular weight excluding hydrogens is 597 g/mol. The standard InChI is InChI=1S/C23H16F4IN5OS/c24-17-9-15(8-16(10-17)23(25,26)27)22(11-14-4-2-1-3-5-14,19-7-6-18(28)12-29-19)32-20(34)31-21-33-30-13-35-21/h1-10,12-13H,11H2,(H2,31,32,33,34)/t22-/m1/s1. The first kappa shape index (κ1) is 25.0. The Morgan fingerprint density at radius 3 is 2.40 bits per heavy atom. The maximum Gasteiger partial charge on any atom is 0.416 e. The summed E-state index contributed by atoms with van der Waals surface area (Å²) in [7, 11) is 0. The lowest BCUT2D eigenvalue weighted by molar-refractivity contribution is -0.137. The molecule has 0 spiro atoms. The molecule has 4 aromatic rings. The number of halogens is 5. The van der Waals surface area contributed by atoms with Crippen LogP contribution in [0, 0.1) is 9.39 Å². The van der Waals surface area contributed by atoms with Gasteiger partial charge in [0.15, 0.2) is 0 Å². The third kappa shape index (κ3) is 5.93. The van der Waals surface area contributed by atoms with Crippen LogP contribution < -0.4 is 10.6 Å². The number of alkyl halides is 3. The summed E-state index contributed by atoms with van der Waals surface area (Å²) in [6, 6.07) is 13.6. The molecule has 2 N–H and O–H groups in total. The van der Waals surface area contributed by atoms with Crippen molar-refractivity contribution >= 4 is 45.1 Å². The summed E-state index contributed by atoms with van der Waals surface area (Å²) in [5, 5.41) is 12.9. The number of rotatable bonds is 6. The molecule has 0 saturated heterocycles. The molecule has 6 nitrogen and oxygen atoms in total. The van der Waals surface area contributed by atoms with Gasteiger partial charge in [-0.25, -0.2) is 9.18 Å². The van der Waals surface area contributed by atoms with E-state index in [2.05, 4.69) is 25.8 Å². The van der Waals surface area contributed by atoms with E-state index >= 15 is 0 Å². The first-order chi connectivity index (χ1) is 16.7. The molecule has 35 heavy (non-hydrogen) atoms. The van der Waals surface area contributed by atoms with Gasteiger partial charge in [-0.3, -0.25) is 10.3 Å². The number of nitrogens with one attached hydrogen (secondary N) is 2. The summed E-state index contributed by atoms with van der Waals surface area (Å²) < 4.78 is 56.3. The number of pyridine rings is 1. The molecule has 0 radical (unpaired) electrons. The van der Waals surface area contributed by atoms with Crippen molar-refractivity contribution in [3.8, 4) is 0 Å². The van der Waals surface area contributed by atoms with E-state index < -0.39 is 29.1 Å². The molecule has 0 aliphatic heterocycles. The highest BCUT2D eigenvalue weighted by atomic mass is 127. The second kappa shape index (κ2) is 10.2. The van der Waals surface area contributed by atoms with Crippen LogP contribution in [0.5, 0.6) is 0 Å². The van der Waals surface area contributed by atoms with Gasteiger partial charge < -0.3 is 5.32 Å². The maximum atomic E-state index is 14.6. The number of nitrogens with zero attached hydrogens (tertiary/aromatic N) is 3. The third-order valence-electron chi connectivity index (χ3n) is 5.10. The van der Waals surface area contributed by atoms with Crippen molar-refractivity contribution in [3.63, 3.8) is 0 Å². The van der Waals surface area contributed by atoms with Crippen molar-refractivity contribution in [1.29, 1.82) is 0 Å². The molecule has 2 heterocycles. The van der Waals surface area contributed by atoms with E-state index in [0.29, 0.717) is 11.6 Å². The van der Waals surface area contributed by atoms with Crippen LogP contribution in [0.2, 0.25) is 0 Å². The smallest absolute Gasteiger partial charge is 0.322 e. The lowest BCUT2D eigenvalue weighted by Gasteiger charge is -2.35. The van der Waals surface area contributed by atoms with Crippen LogP contribution in [0.15, 0.2) is 72.4 Å². The molecule has 0 unspecified atom stereocenters. The van der Waals surface area contributed by atoms with Crippen LogP contribution in [-0.2, 0) is 18.1 Å². The topological polar surface area (TPSA) is 79.8 Å². The van der Waals surface area contributed by atoms with E-state index in [-0.39, 0.29) is 22.8 Å². The summed E-state index contributed by atoms with van der Waals surface area (Å²) in [5.74, 6) is -1.09. The van der Waals surface area contributed by atoms with Gasteiger partial charge in [-0.2, -0.15) is 13.2 Å². The average Bonchev–Trinajstić information content (AvgIpc) is 3.31. The van der Waals surface area contributed by atoms with E-state index in [1.54, 1.807) is 42.5 Å². The molecule has 2 aromatic heterocycles. The second-order valence-electron chi connectivity index (χ2n) is 7.48. The van der Waals surface area contributed by atoms with Crippen LogP contribution in [0.25, 0.3) is 0 Å². The van der Waals surface area contributed by atoms with E-state index in [1.807, 2.05) is 22.6 Å². The molecule has 0 bridgehead atoms. The molecule has 0 aliphatic carbocycles. The van der Waals surface area contributed by atoms with Crippen LogP contribution >= 0.6 is 33.9 Å². The summed E-state index contributed by atoms with van der Waals surface area (Å²) in [4.78, 5) is 17.5. The van der Waals surface area contributed by atoms with Crippen molar-refractivity contribution in [2.45, 2.75) is 18.1 Å². The van der Waals surface area contributed by atoms with Crippen molar-refractivity contribution in [2.75, 3.05) is 5.32 Å². The molecular formula is C23H16F4IN5OS. The Bertz CT molecular complexity index is 1300. The molecule has 180 valence electrons. The number of amides is 2. The Balaban J connectivity index is 1.92. The highest BCUT2D eigenvalue weighted by molar-refractivity contribution is 14.1. The lowest BCUT2D eigenvalue weighted by atomic mass is 9.80. The summed E-state index contributed by atoms with van der Waals surface area (Å²) in [5.41, 5.74) is -0.635. The molecule has 0 saturated carbocycles. The van der Waals surface area contributed by atoms with Gasteiger partial charge >= 0.3 is 12.2 Å². The monoisotopic (exact) mass is 613 g/mol. The maximum absolute atomic E-state index is 14.6. The van der Waals surface area contributed by atoms with E-state index in [0.717, 1.165) is 27.0 Å². The van der Waals surface area contributed by atoms with E-state index in [1.165, 1.54) is 11.7 Å². The number of hydrogen-bond donors (Lipinski definition) is 2. The fourth-order valence-corrected chi connectivity index (χ4v) is 4.36. The number of anilines is 1. The first-order valence-electron chi connectivity index (χ1n) is 10.1. The molecule has 12 heteroatoms. The van der Waals surface area contributed by atoms with Gasteiger partial charge in [0.25, 0.3) is 0 Å². The van der Waals surface area contributed by atoms with Crippen LogP contribution in [0.1, 0.15) is 22.4 Å². The van der Waals surface area contributed by atoms with Crippen molar-refractivity contribution in [2.24, 2.45) is 0 Å². The highest BCUT2D eigenvalue weighted by Crippen LogP contribution is 2.37. The Morgan fingerprint density at radius 2 is 1.77 bits per heavy atom. The number of benzene rings is 2. The van der Waals surface area contributed by atoms with Gasteiger partial charge in [0.05, 0.1) is 11.3 Å². The molecule has 0 aliphatic rings.